The highest BCUT2D eigenvalue weighted by Crippen LogP contribution is 2.39. The second-order valence-electron chi connectivity index (χ2n) is 9.79. The van der Waals surface area contributed by atoms with Crippen molar-refractivity contribution in [3.8, 4) is 11.4 Å². The van der Waals surface area contributed by atoms with Gasteiger partial charge in [-0.25, -0.2) is 9.78 Å². The number of cyclic esters (lactones) is 1. The first-order chi connectivity index (χ1) is 18.3. The molecule has 0 amide bonds. The number of aromatic nitrogens is 2. The van der Waals surface area contributed by atoms with Crippen LogP contribution in [0, 0.1) is 6.92 Å². The fraction of sp³-hybridized carbons (Fsp3) is 0.267. The second kappa shape index (κ2) is 8.92. The maximum absolute atomic E-state index is 13.5. The first-order valence-electron chi connectivity index (χ1n) is 12.8. The van der Waals surface area contributed by atoms with Crippen molar-refractivity contribution in [2.45, 2.75) is 45.9 Å². The molecule has 0 saturated heterocycles. The minimum absolute atomic E-state index is 0.103. The van der Waals surface area contributed by atoms with Gasteiger partial charge in [0.15, 0.2) is 5.60 Å². The highest BCUT2D eigenvalue weighted by molar-refractivity contribution is 6.15. The van der Waals surface area contributed by atoms with E-state index in [-0.39, 0.29) is 18.6 Å². The van der Waals surface area contributed by atoms with Gasteiger partial charge in [-0.3, -0.25) is 9.79 Å². The predicted molar refractivity (Wildman–Crippen MR) is 146 cm³/mol. The number of carbonyl (C=O) groups is 1. The van der Waals surface area contributed by atoms with Gasteiger partial charge in [-0.1, -0.05) is 36.8 Å². The number of nitrogens with zero attached hydrogens (tertiary/aromatic N) is 3. The van der Waals surface area contributed by atoms with E-state index in [0.717, 1.165) is 27.7 Å². The molecule has 0 radical (unpaired) electrons. The summed E-state index contributed by atoms with van der Waals surface area (Å²) in [5.41, 5.74) is 4.35. The van der Waals surface area contributed by atoms with Crippen LogP contribution in [0.1, 0.15) is 48.1 Å². The van der Waals surface area contributed by atoms with E-state index >= 15 is 0 Å². The van der Waals surface area contributed by atoms with E-state index in [4.69, 9.17) is 14.7 Å². The lowest BCUT2D eigenvalue weighted by Crippen LogP contribution is -2.44. The number of hydrogen-bond acceptors (Lipinski definition) is 6. The molecule has 0 unspecified atom stereocenters. The normalized spacial score (nSPS) is 18.1. The number of aryl methyl sites for hydroxylation is 1. The van der Waals surface area contributed by atoms with Crippen LogP contribution in [0.5, 0.6) is 0 Å². The SMILES string of the molecule is CCN=C(Nc1ccc(C)cc1)c1cccc2cc3c(nc12)-c1cc2c(c(=O)n1C3)COC(=O)[C@]2(O)CC. The molecular formula is C30H28N4O4. The molecule has 0 fully saturated rings. The van der Waals surface area contributed by atoms with Crippen molar-refractivity contribution < 1.29 is 14.6 Å². The van der Waals surface area contributed by atoms with Gasteiger partial charge in [0.1, 0.15) is 12.4 Å². The highest BCUT2D eigenvalue weighted by Gasteiger charge is 2.45. The van der Waals surface area contributed by atoms with E-state index in [9.17, 15) is 14.7 Å². The minimum Gasteiger partial charge on any atom is -0.458 e. The number of aliphatic hydroxyl groups is 1. The van der Waals surface area contributed by atoms with Crippen LogP contribution in [0.4, 0.5) is 5.69 Å². The number of amidine groups is 1. The van der Waals surface area contributed by atoms with Gasteiger partial charge >= 0.3 is 5.97 Å². The van der Waals surface area contributed by atoms with E-state index in [1.165, 1.54) is 5.56 Å². The van der Waals surface area contributed by atoms with E-state index < -0.39 is 11.6 Å². The Morgan fingerprint density at radius 3 is 2.68 bits per heavy atom. The van der Waals surface area contributed by atoms with Crippen LogP contribution in [-0.4, -0.2) is 33.0 Å². The van der Waals surface area contributed by atoms with Gasteiger partial charge in [0.05, 0.1) is 29.0 Å². The van der Waals surface area contributed by atoms with Crippen molar-refractivity contribution in [2.75, 3.05) is 11.9 Å². The van der Waals surface area contributed by atoms with Crippen LogP contribution in [0.2, 0.25) is 0 Å². The van der Waals surface area contributed by atoms with Crippen molar-refractivity contribution in [1.29, 1.82) is 0 Å². The molecule has 2 aliphatic rings. The molecular weight excluding hydrogens is 480 g/mol. The van der Waals surface area contributed by atoms with Crippen LogP contribution >= 0.6 is 0 Å². The number of esters is 1. The number of rotatable bonds is 4. The maximum atomic E-state index is 13.5. The van der Waals surface area contributed by atoms with Gasteiger partial charge in [0.2, 0.25) is 0 Å². The summed E-state index contributed by atoms with van der Waals surface area (Å²) in [6, 6.07) is 17.9. The van der Waals surface area contributed by atoms with Crippen LogP contribution in [-0.2, 0) is 28.3 Å². The Labute approximate surface area is 219 Å². The molecule has 4 heterocycles. The van der Waals surface area contributed by atoms with Crippen LogP contribution in [0.25, 0.3) is 22.3 Å². The zero-order valence-corrected chi connectivity index (χ0v) is 21.5. The van der Waals surface area contributed by atoms with Gasteiger partial charge in [0, 0.05) is 34.3 Å². The topological polar surface area (TPSA) is 106 Å². The van der Waals surface area contributed by atoms with Crippen molar-refractivity contribution in [3.05, 3.63) is 92.8 Å². The summed E-state index contributed by atoms with van der Waals surface area (Å²) in [6.45, 7) is 6.53. The van der Waals surface area contributed by atoms with Crippen molar-refractivity contribution in [1.82, 2.24) is 9.55 Å². The van der Waals surface area contributed by atoms with Crippen LogP contribution in [0.15, 0.2) is 64.4 Å². The smallest absolute Gasteiger partial charge is 0.343 e. The van der Waals surface area contributed by atoms with E-state index in [0.29, 0.717) is 41.4 Å². The van der Waals surface area contributed by atoms with Crippen molar-refractivity contribution >= 4 is 28.4 Å². The molecule has 2 N–H and O–H groups in total. The number of anilines is 1. The molecule has 8 heteroatoms. The first-order valence-corrected chi connectivity index (χ1v) is 12.8. The summed E-state index contributed by atoms with van der Waals surface area (Å²) in [7, 11) is 0. The van der Waals surface area contributed by atoms with Gasteiger partial charge in [-0.2, -0.15) is 0 Å². The summed E-state index contributed by atoms with van der Waals surface area (Å²) < 4.78 is 6.82. The third-order valence-corrected chi connectivity index (χ3v) is 7.42. The monoisotopic (exact) mass is 508 g/mol. The Morgan fingerprint density at radius 1 is 1.16 bits per heavy atom. The summed E-state index contributed by atoms with van der Waals surface area (Å²) >= 11 is 0. The quantitative estimate of drug-likeness (QED) is 0.213. The zero-order valence-electron chi connectivity index (χ0n) is 21.5. The van der Waals surface area contributed by atoms with E-state index in [1.807, 2.05) is 56.3 Å². The average Bonchev–Trinajstić information content (AvgIpc) is 3.28. The number of para-hydroxylation sites is 1. The number of pyridine rings is 2. The van der Waals surface area contributed by atoms with E-state index in [2.05, 4.69) is 11.4 Å². The molecule has 2 aromatic heterocycles. The number of fused-ring (bicyclic) bond motifs is 5. The number of aliphatic imine (C=N–C) groups is 1. The fourth-order valence-electron chi connectivity index (χ4n) is 5.32. The molecule has 1 atom stereocenters. The van der Waals surface area contributed by atoms with Crippen molar-refractivity contribution in [3.63, 3.8) is 0 Å². The molecule has 2 aromatic carbocycles. The second-order valence-corrected chi connectivity index (χ2v) is 9.79. The lowest BCUT2D eigenvalue weighted by Gasteiger charge is -2.31. The number of hydrogen-bond donors (Lipinski definition) is 2. The first kappa shape index (κ1) is 24.1. The Balaban J connectivity index is 1.52. The van der Waals surface area contributed by atoms with Crippen LogP contribution in [0.3, 0.4) is 0 Å². The third-order valence-electron chi connectivity index (χ3n) is 7.42. The molecule has 192 valence electrons. The molecule has 0 spiro atoms. The Morgan fingerprint density at radius 2 is 1.95 bits per heavy atom. The molecule has 38 heavy (non-hydrogen) atoms. The predicted octanol–water partition coefficient (Wildman–Crippen LogP) is 4.27. The fourth-order valence-corrected chi connectivity index (χ4v) is 5.32. The Hall–Kier alpha value is -4.30. The van der Waals surface area contributed by atoms with Gasteiger partial charge in [-0.05, 0) is 50.6 Å². The maximum Gasteiger partial charge on any atom is 0.343 e. The van der Waals surface area contributed by atoms with Gasteiger partial charge in [0.25, 0.3) is 5.56 Å². The largest absolute Gasteiger partial charge is 0.458 e. The standard InChI is InChI=1S/C30H28N4O4/c1-4-30(37)23-14-24-26-19(15-34(24)28(35)22(23)16-38-29(30)36)13-18-7-6-8-21(25(18)33-26)27(31-5-2)32-20-11-9-17(3)10-12-20/h6-14,37H,4-5,15-16H2,1-3H3,(H,31,32)/t30-/m0/s1. The summed E-state index contributed by atoms with van der Waals surface area (Å²) in [5, 5.41) is 15.5. The molecule has 6 rings (SSSR count). The molecule has 4 aromatic rings. The zero-order chi connectivity index (χ0) is 26.6. The molecule has 0 bridgehead atoms. The summed E-state index contributed by atoms with van der Waals surface area (Å²) in [5.74, 6) is -0.0234. The van der Waals surface area contributed by atoms with E-state index in [1.54, 1.807) is 17.6 Å². The average molecular weight is 509 g/mol. The lowest BCUT2D eigenvalue weighted by molar-refractivity contribution is -0.172. The minimum atomic E-state index is -1.86. The summed E-state index contributed by atoms with van der Waals surface area (Å²) in [4.78, 5) is 35.7. The van der Waals surface area contributed by atoms with Gasteiger partial charge in [-0.15, -0.1) is 0 Å². The third kappa shape index (κ3) is 3.63. The Bertz CT molecular complexity index is 1700. The van der Waals surface area contributed by atoms with Gasteiger partial charge < -0.3 is 19.7 Å². The molecule has 0 saturated carbocycles. The number of benzene rings is 2. The van der Waals surface area contributed by atoms with Crippen molar-refractivity contribution in [2.24, 2.45) is 4.99 Å². The Kier molecular flexibility index (Phi) is 5.65. The molecule has 8 nitrogen and oxygen atoms in total. The number of nitrogens with one attached hydrogen (secondary N) is 1. The highest BCUT2D eigenvalue weighted by atomic mass is 16.6. The molecule has 0 aliphatic carbocycles. The number of ether oxygens (including phenoxy) is 1. The molecule has 2 aliphatic heterocycles. The number of carbonyl (C=O) groups excluding carboxylic acids is 1. The lowest BCUT2D eigenvalue weighted by atomic mass is 9.86. The summed E-state index contributed by atoms with van der Waals surface area (Å²) in [6.07, 6.45) is 0.103. The van der Waals surface area contributed by atoms with Crippen LogP contribution < -0.4 is 10.9 Å².